The van der Waals surface area contributed by atoms with E-state index >= 15 is 0 Å². The van der Waals surface area contributed by atoms with Gasteiger partial charge >= 0.3 is 0 Å². The van der Waals surface area contributed by atoms with Gasteiger partial charge in [-0.3, -0.25) is 0 Å². The molecule has 1 aromatic heterocycles. The largest absolute Gasteiger partial charge is 0.244 e. The van der Waals surface area contributed by atoms with E-state index in [4.69, 9.17) is 23.2 Å². The first kappa shape index (κ1) is 15.7. The van der Waals surface area contributed by atoms with Crippen molar-refractivity contribution >= 4 is 33.2 Å². The monoisotopic (exact) mass is 357 g/mol. The van der Waals surface area contributed by atoms with Crippen LogP contribution in [-0.2, 0) is 23.0 Å². The highest BCUT2D eigenvalue weighted by Crippen LogP contribution is 2.30. The zero-order valence-electron chi connectivity index (χ0n) is 11.8. The second-order valence-corrected chi connectivity index (χ2v) is 7.80. The first-order valence-corrected chi connectivity index (χ1v) is 8.84. The summed E-state index contributed by atoms with van der Waals surface area (Å²) in [5.74, 6) is 0.688. The number of fused-ring (bicyclic) bond motifs is 1. The van der Waals surface area contributed by atoms with Gasteiger partial charge in [0.2, 0.25) is 10.0 Å². The predicted octanol–water partition coefficient (Wildman–Crippen LogP) is 2.84. The second-order valence-electron chi connectivity index (χ2n) is 5.05. The van der Waals surface area contributed by atoms with Gasteiger partial charge < -0.3 is 0 Å². The van der Waals surface area contributed by atoms with E-state index in [1.807, 2.05) is 6.92 Å². The summed E-state index contributed by atoms with van der Waals surface area (Å²) in [6.45, 7) is 2.41. The Labute approximate surface area is 139 Å². The molecule has 1 aromatic carbocycles. The highest BCUT2D eigenvalue weighted by Gasteiger charge is 2.30. The van der Waals surface area contributed by atoms with Crippen LogP contribution in [0.1, 0.15) is 17.1 Å². The lowest BCUT2D eigenvalue weighted by Crippen LogP contribution is -2.36. The lowest BCUT2D eigenvalue weighted by Gasteiger charge is -2.27. The van der Waals surface area contributed by atoms with Crippen LogP contribution in [0.2, 0.25) is 10.0 Å². The van der Waals surface area contributed by atoms with Crippen molar-refractivity contribution in [3.8, 4) is 0 Å². The van der Waals surface area contributed by atoms with Crippen molar-refractivity contribution < 1.29 is 8.42 Å². The molecule has 0 fully saturated rings. The maximum Gasteiger partial charge on any atom is 0.244 e. The maximum atomic E-state index is 12.8. The molecule has 0 N–H and O–H groups in total. The van der Waals surface area contributed by atoms with Crippen LogP contribution in [0, 0.1) is 6.92 Å². The van der Waals surface area contributed by atoms with Gasteiger partial charge in [-0.15, -0.1) is 0 Å². The molecule has 22 heavy (non-hydrogen) atoms. The van der Waals surface area contributed by atoms with Crippen molar-refractivity contribution in [1.82, 2.24) is 14.3 Å². The van der Waals surface area contributed by atoms with E-state index < -0.39 is 10.0 Å². The molecule has 0 unspecified atom stereocenters. The van der Waals surface area contributed by atoms with E-state index in [0.717, 1.165) is 11.3 Å². The van der Waals surface area contributed by atoms with Crippen molar-refractivity contribution in [3.63, 3.8) is 0 Å². The molecule has 2 heterocycles. The molecule has 116 valence electrons. The Morgan fingerprint density at radius 3 is 2.82 bits per heavy atom. The maximum absolute atomic E-state index is 12.8. The SMILES string of the molecule is Cc1ncc2c(n1)CCN(S(=O)(=O)c1cc(Cl)ccc1Cl)C2. The minimum absolute atomic E-state index is 0.0261. The van der Waals surface area contributed by atoms with Crippen LogP contribution < -0.4 is 0 Å². The second kappa shape index (κ2) is 5.77. The highest BCUT2D eigenvalue weighted by molar-refractivity contribution is 7.89. The highest BCUT2D eigenvalue weighted by atomic mass is 35.5. The normalized spacial score (nSPS) is 15.6. The lowest BCUT2D eigenvalue weighted by molar-refractivity contribution is 0.386. The van der Waals surface area contributed by atoms with Crippen LogP contribution in [0.25, 0.3) is 0 Å². The molecule has 0 atom stereocenters. The van der Waals surface area contributed by atoms with E-state index in [2.05, 4.69) is 9.97 Å². The van der Waals surface area contributed by atoms with Crippen LogP contribution >= 0.6 is 23.2 Å². The van der Waals surface area contributed by atoms with Gasteiger partial charge in [0.15, 0.2) is 0 Å². The molecule has 2 aromatic rings. The number of hydrogen-bond donors (Lipinski definition) is 0. The van der Waals surface area contributed by atoms with E-state index in [1.165, 1.54) is 16.4 Å². The smallest absolute Gasteiger partial charge is 0.241 e. The third-order valence-corrected chi connectivity index (χ3v) is 6.09. The average Bonchev–Trinajstić information content (AvgIpc) is 2.49. The molecule has 8 heteroatoms. The standard InChI is InChI=1S/C14H13Cl2N3O2S/c1-9-17-7-10-8-19(5-4-13(10)18-9)22(20,21)14-6-11(15)2-3-12(14)16/h2-3,6-7H,4-5,8H2,1H3. The van der Waals surface area contributed by atoms with Crippen LogP contribution in [0.15, 0.2) is 29.3 Å². The van der Waals surface area contributed by atoms with Gasteiger partial charge in [-0.05, 0) is 25.1 Å². The summed E-state index contributed by atoms with van der Waals surface area (Å²) in [5.41, 5.74) is 1.72. The molecular weight excluding hydrogens is 345 g/mol. The van der Waals surface area contributed by atoms with E-state index in [9.17, 15) is 8.42 Å². The van der Waals surface area contributed by atoms with Crippen LogP contribution in [-0.4, -0.2) is 29.2 Å². The van der Waals surface area contributed by atoms with Gasteiger partial charge in [0.1, 0.15) is 10.7 Å². The van der Waals surface area contributed by atoms with E-state index in [1.54, 1.807) is 12.3 Å². The number of aromatic nitrogens is 2. The quantitative estimate of drug-likeness (QED) is 0.828. The number of rotatable bonds is 2. The predicted molar refractivity (Wildman–Crippen MR) is 84.5 cm³/mol. The molecule has 0 saturated heterocycles. The Balaban J connectivity index is 1.97. The molecule has 1 aliphatic heterocycles. The summed E-state index contributed by atoms with van der Waals surface area (Å²) in [7, 11) is -3.71. The van der Waals surface area contributed by atoms with E-state index in [0.29, 0.717) is 23.8 Å². The first-order chi connectivity index (χ1) is 10.4. The Hall–Kier alpha value is -1.21. The zero-order chi connectivity index (χ0) is 15.9. The van der Waals surface area contributed by atoms with Crippen molar-refractivity contribution in [2.75, 3.05) is 6.54 Å². The first-order valence-electron chi connectivity index (χ1n) is 6.64. The summed E-state index contributed by atoms with van der Waals surface area (Å²) in [6, 6.07) is 4.42. The summed E-state index contributed by atoms with van der Waals surface area (Å²) < 4.78 is 26.9. The Morgan fingerprint density at radius 2 is 2.05 bits per heavy atom. The van der Waals surface area contributed by atoms with Gasteiger partial charge in [0.25, 0.3) is 0 Å². The molecule has 5 nitrogen and oxygen atoms in total. The van der Waals surface area contributed by atoms with Crippen LogP contribution in [0.3, 0.4) is 0 Å². The summed E-state index contributed by atoms with van der Waals surface area (Å²) >= 11 is 11.9. The molecule has 0 amide bonds. The van der Waals surface area contributed by atoms with Gasteiger partial charge in [-0.2, -0.15) is 4.31 Å². The summed E-state index contributed by atoms with van der Waals surface area (Å²) in [4.78, 5) is 8.51. The molecular formula is C14H13Cl2N3O2S. The third kappa shape index (κ3) is 2.84. The molecule has 0 bridgehead atoms. The van der Waals surface area contributed by atoms with Gasteiger partial charge in [-0.25, -0.2) is 18.4 Å². The number of halogens is 2. The van der Waals surface area contributed by atoms with Gasteiger partial charge in [0, 0.05) is 42.0 Å². The number of aryl methyl sites for hydroxylation is 1. The molecule has 0 spiro atoms. The topological polar surface area (TPSA) is 63.2 Å². The Bertz CT molecular complexity index is 840. The van der Waals surface area contributed by atoms with Gasteiger partial charge in [-0.1, -0.05) is 23.2 Å². The summed E-state index contributed by atoms with van der Waals surface area (Å²) in [6.07, 6.45) is 2.23. The van der Waals surface area contributed by atoms with Crippen molar-refractivity contribution in [3.05, 3.63) is 51.5 Å². The fraction of sp³-hybridized carbons (Fsp3) is 0.286. The third-order valence-electron chi connectivity index (χ3n) is 3.53. The summed E-state index contributed by atoms with van der Waals surface area (Å²) in [5, 5.41) is 0.495. The number of sulfonamides is 1. The minimum atomic E-state index is -3.71. The number of benzene rings is 1. The minimum Gasteiger partial charge on any atom is -0.241 e. The molecule has 0 saturated carbocycles. The molecule has 3 rings (SSSR count). The van der Waals surface area contributed by atoms with E-state index in [-0.39, 0.29) is 16.5 Å². The zero-order valence-corrected chi connectivity index (χ0v) is 14.1. The Morgan fingerprint density at radius 1 is 1.27 bits per heavy atom. The fourth-order valence-electron chi connectivity index (χ4n) is 2.41. The van der Waals surface area contributed by atoms with Crippen molar-refractivity contribution in [2.45, 2.75) is 24.8 Å². The van der Waals surface area contributed by atoms with Crippen LogP contribution in [0.5, 0.6) is 0 Å². The van der Waals surface area contributed by atoms with Crippen molar-refractivity contribution in [2.24, 2.45) is 0 Å². The Kier molecular flexibility index (Phi) is 4.11. The fourth-order valence-corrected chi connectivity index (χ4v) is 4.57. The molecule has 0 radical (unpaired) electrons. The van der Waals surface area contributed by atoms with Crippen molar-refractivity contribution in [1.29, 1.82) is 0 Å². The number of hydrogen-bond acceptors (Lipinski definition) is 4. The number of nitrogens with zero attached hydrogens (tertiary/aromatic N) is 3. The van der Waals surface area contributed by atoms with Gasteiger partial charge in [0.05, 0.1) is 5.02 Å². The molecule has 0 aliphatic carbocycles. The lowest BCUT2D eigenvalue weighted by atomic mass is 10.1. The molecule has 1 aliphatic rings. The van der Waals surface area contributed by atoms with Crippen LogP contribution in [0.4, 0.5) is 0 Å². The average molecular weight is 358 g/mol.